The minimum absolute atomic E-state index is 0.448. The van der Waals surface area contributed by atoms with Crippen LogP contribution < -0.4 is 5.73 Å². The first-order valence-corrected chi connectivity index (χ1v) is 7.67. The summed E-state index contributed by atoms with van der Waals surface area (Å²) >= 11 is 0. The Labute approximate surface area is 125 Å². The summed E-state index contributed by atoms with van der Waals surface area (Å²) in [5, 5.41) is 4.13. The highest BCUT2D eigenvalue weighted by atomic mass is 16.5. The summed E-state index contributed by atoms with van der Waals surface area (Å²) in [6, 6.07) is 3.88. The fourth-order valence-electron chi connectivity index (χ4n) is 3.06. The summed E-state index contributed by atoms with van der Waals surface area (Å²) in [6.07, 6.45) is 7.08. The van der Waals surface area contributed by atoms with Crippen LogP contribution in [0.3, 0.4) is 0 Å². The Morgan fingerprint density at radius 3 is 2.81 bits per heavy atom. The molecule has 0 aliphatic heterocycles. The number of nitrogens with two attached hydrogens (primary N) is 1. The van der Waals surface area contributed by atoms with Crippen LogP contribution in [-0.2, 0) is 5.54 Å². The van der Waals surface area contributed by atoms with Gasteiger partial charge in [-0.05, 0) is 50.2 Å². The molecule has 3 rings (SSSR count). The quantitative estimate of drug-likeness (QED) is 0.937. The molecular formula is C16H22N4O. The Morgan fingerprint density at radius 2 is 2.14 bits per heavy atom. The summed E-state index contributed by atoms with van der Waals surface area (Å²) in [4.78, 5) is 8.84. The average molecular weight is 286 g/mol. The Hall–Kier alpha value is -1.75. The summed E-state index contributed by atoms with van der Waals surface area (Å²) in [5.74, 6) is 1.87. The van der Waals surface area contributed by atoms with E-state index >= 15 is 0 Å². The van der Waals surface area contributed by atoms with Gasteiger partial charge < -0.3 is 10.3 Å². The Balaban J connectivity index is 1.84. The highest BCUT2D eigenvalue weighted by Gasteiger charge is 2.37. The van der Waals surface area contributed by atoms with Gasteiger partial charge in [0.05, 0.1) is 5.54 Å². The molecule has 2 heterocycles. The third-order valence-corrected chi connectivity index (χ3v) is 4.66. The van der Waals surface area contributed by atoms with Crippen LogP contribution in [0.2, 0.25) is 0 Å². The predicted molar refractivity (Wildman–Crippen MR) is 80.4 cm³/mol. The van der Waals surface area contributed by atoms with Crippen LogP contribution in [0.4, 0.5) is 0 Å². The zero-order valence-corrected chi connectivity index (χ0v) is 12.7. The average Bonchev–Trinajstić information content (AvgIpc) is 2.99. The SMILES string of the molecule is CCC1CCC(N)(c2noc(-c3ncccc3C)n2)CC1. The van der Waals surface area contributed by atoms with Gasteiger partial charge in [-0.25, -0.2) is 0 Å². The first-order valence-electron chi connectivity index (χ1n) is 7.67. The summed E-state index contributed by atoms with van der Waals surface area (Å²) in [6.45, 7) is 4.22. The zero-order chi connectivity index (χ0) is 14.9. The van der Waals surface area contributed by atoms with Crippen LogP contribution in [0.25, 0.3) is 11.6 Å². The van der Waals surface area contributed by atoms with E-state index in [9.17, 15) is 0 Å². The van der Waals surface area contributed by atoms with Crippen molar-refractivity contribution in [3.63, 3.8) is 0 Å². The molecule has 1 saturated carbocycles. The van der Waals surface area contributed by atoms with Crippen molar-refractivity contribution in [1.29, 1.82) is 0 Å². The van der Waals surface area contributed by atoms with Gasteiger partial charge in [0, 0.05) is 6.20 Å². The fraction of sp³-hybridized carbons (Fsp3) is 0.562. The molecule has 112 valence electrons. The van der Waals surface area contributed by atoms with Crippen molar-refractivity contribution < 1.29 is 4.52 Å². The molecule has 1 aliphatic carbocycles. The van der Waals surface area contributed by atoms with Gasteiger partial charge in [0.1, 0.15) is 5.69 Å². The number of aryl methyl sites for hydroxylation is 1. The van der Waals surface area contributed by atoms with Crippen molar-refractivity contribution in [1.82, 2.24) is 15.1 Å². The van der Waals surface area contributed by atoms with E-state index in [0.29, 0.717) is 11.7 Å². The molecular weight excluding hydrogens is 264 g/mol. The lowest BCUT2D eigenvalue weighted by Crippen LogP contribution is -2.41. The van der Waals surface area contributed by atoms with E-state index in [-0.39, 0.29) is 0 Å². The highest BCUT2D eigenvalue weighted by molar-refractivity contribution is 5.51. The number of hydrogen-bond donors (Lipinski definition) is 1. The normalized spacial score (nSPS) is 26.0. The molecule has 21 heavy (non-hydrogen) atoms. The van der Waals surface area contributed by atoms with Gasteiger partial charge in [-0.15, -0.1) is 0 Å². The van der Waals surface area contributed by atoms with Crippen molar-refractivity contribution in [2.24, 2.45) is 11.7 Å². The van der Waals surface area contributed by atoms with Crippen LogP contribution in [0.1, 0.15) is 50.4 Å². The van der Waals surface area contributed by atoms with Crippen LogP contribution in [0.5, 0.6) is 0 Å². The third kappa shape index (κ3) is 2.70. The van der Waals surface area contributed by atoms with Crippen molar-refractivity contribution in [3.05, 3.63) is 29.7 Å². The molecule has 5 nitrogen and oxygen atoms in total. The number of aromatic nitrogens is 3. The molecule has 1 aliphatic rings. The Morgan fingerprint density at radius 1 is 1.38 bits per heavy atom. The van der Waals surface area contributed by atoms with Crippen molar-refractivity contribution >= 4 is 0 Å². The molecule has 0 atom stereocenters. The molecule has 2 N–H and O–H groups in total. The van der Waals surface area contributed by atoms with Gasteiger partial charge in [0.15, 0.2) is 5.82 Å². The molecule has 0 bridgehead atoms. The number of hydrogen-bond acceptors (Lipinski definition) is 5. The lowest BCUT2D eigenvalue weighted by Gasteiger charge is -2.34. The van der Waals surface area contributed by atoms with E-state index in [1.807, 2.05) is 19.1 Å². The Kier molecular flexibility index (Phi) is 3.76. The Bertz CT molecular complexity index is 614. The second kappa shape index (κ2) is 5.56. The van der Waals surface area contributed by atoms with Crippen molar-refractivity contribution in [2.75, 3.05) is 0 Å². The zero-order valence-electron chi connectivity index (χ0n) is 12.7. The third-order valence-electron chi connectivity index (χ3n) is 4.66. The maximum atomic E-state index is 6.52. The molecule has 2 aromatic heterocycles. The van der Waals surface area contributed by atoms with Crippen LogP contribution in [0.15, 0.2) is 22.9 Å². The highest BCUT2D eigenvalue weighted by Crippen LogP contribution is 2.38. The standard InChI is InChI=1S/C16H22N4O/c1-3-12-6-8-16(17,9-7-12)15-19-14(21-20-15)13-11(2)5-4-10-18-13/h4-5,10,12H,3,6-9,17H2,1-2H3. The summed E-state index contributed by atoms with van der Waals surface area (Å²) in [7, 11) is 0. The van der Waals surface area contributed by atoms with Gasteiger partial charge in [0.25, 0.3) is 5.89 Å². The maximum Gasteiger partial charge on any atom is 0.276 e. The van der Waals surface area contributed by atoms with Crippen molar-refractivity contribution in [3.8, 4) is 11.6 Å². The van der Waals surface area contributed by atoms with Gasteiger partial charge in [-0.2, -0.15) is 4.98 Å². The smallest absolute Gasteiger partial charge is 0.276 e. The monoisotopic (exact) mass is 286 g/mol. The number of pyridine rings is 1. The lowest BCUT2D eigenvalue weighted by molar-refractivity contribution is 0.216. The van der Waals surface area contributed by atoms with Crippen LogP contribution in [0, 0.1) is 12.8 Å². The lowest BCUT2D eigenvalue weighted by atomic mass is 9.76. The molecule has 0 unspecified atom stereocenters. The van der Waals surface area contributed by atoms with E-state index in [2.05, 4.69) is 22.0 Å². The second-order valence-corrected chi connectivity index (χ2v) is 6.10. The van der Waals surface area contributed by atoms with Gasteiger partial charge in [0.2, 0.25) is 0 Å². The van der Waals surface area contributed by atoms with Crippen LogP contribution in [-0.4, -0.2) is 15.1 Å². The summed E-state index contributed by atoms with van der Waals surface area (Å²) < 4.78 is 5.40. The number of rotatable bonds is 3. The van der Waals surface area contributed by atoms with Gasteiger partial charge in [-0.1, -0.05) is 24.6 Å². The molecule has 0 radical (unpaired) electrons. The van der Waals surface area contributed by atoms with E-state index in [0.717, 1.165) is 42.9 Å². The maximum absolute atomic E-state index is 6.52. The molecule has 0 amide bonds. The first kappa shape index (κ1) is 14.2. The van der Waals surface area contributed by atoms with E-state index in [4.69, 9.17) is 10.3 Å². The van der Waals surface area contributed by atoms with Crippen LogP contribution >= 0.6 is 0 Å². The van der Waals surface area contributed by atoms with Crippen molar-refractivity contribution in [2.45, 2.75) is 51.5 Å². The first-order chi connectivity index (χ1) is 10.1. The second-order valence-electron chi connectivity index (χ2n) is 6.10. The molecule has 5 heteroatoms. The number of nitrogens with zero attached hydrogens (tertiary/aromatic N) is 3. The minimum Gasteiger partial charge on any atom is -0.332 e. The van der Waals surface area contributed by atoms with E-state index in [1.54, 1.807) is 6.20 Å². The minimum atomic E-state index is -0.448. The molecule has 1 fully saturated rings. The summed E-state index contributed by atoms with van der Waals surface area (Å²) in [5.41, 5.74) is 7.83. The molecule has 0 saturated heterocycles. The molecule has 0 aromatic carbocycles. The van der Waals surface area contributed by atoms with E-state index < -0.39 is 5.54 Å². The van der Waals surface area contributed by atoms with E-state index in [1.165, 1.54) is 6.42 Å². The van der Waals surface area contributed by atoms with Gasteiger partial charge >= 0.3 is 0 Å². The molecule has 2 aromatic rings. The fourth-order valence-corrected chi connectivity index (χ4v) is 3.06. The predicted octanol–water partition coefficient (Wildman–Crippen LogP) is 3.19. The van der Waals surface area contributed by atoms with Gasteiger partial charge in [-0.3, -0.25) is 4.98 Å². The topological polar surface area (TPSA) is 77.8 Å². The molecule has 0 spiro atoms. The largest absolute Gasteiger partial charge is 0.332 e.